The van der Waals surface area contributed by atoms with Crippen LogP contribution in [-0.4, -0.2) is 37.0 Å². The molecule has 0 unspecified atom stereocenters. The van der Waals surface area contributed by atoms with Gasteiger partial charge in [-0.15, -0.1) is 0 Å². The molecule has 0 saturated carbocycles. The molecule has 0 fully saturated rings. The van der Waals surface area contributed by atoms with Crippen molar-refractivity contribution in [3.8, 4) is 6.07 Å². The Kier molecular flexibility index (Phi) is 6.54. The largest absolute Gasteiger partial charge is 0.468 e. The fourth-order valence-corrected chi connectivity index (χ4v) is 1.85. The number of esters is 1. The normalized spacial score (nSPS) is 9.65. The Morgan fingerprint density at radius 3 is 2.80 bits per heavy atom. The van der Waals surface area contributed by atoms with E-state index in [0.717, 1.165) is 5.56 Å². The second kappa shape index (κ2) is 8.18. The first kappa shape index (κ1) is 16.0. The number of carbonyl (C=O) groups is 2. The van der Waals surface area contributed by atoms with Gasteiger partial charge in [0.25, 0.3) is 0 Å². The second-order valence-corrected chi connectivity index (χ2v) is 4.55. The predicted molar refractivity (Wildman–Crippen MR) is 74.0 cm³/mol. The summed E-state index contributed by atoms with van der Waals surface area (Å²) in [5.41, 5.74) is 0.931. The maximum absolute atomic E-state index is 12.0. The lowest BCUT2D eigenvalue weighted by molar-refractivity contribution is -0.146. The van der Waals surface area contributed by atoms with Crippen molar-refractivity contribution in [3.63, 3.8) is 0 Å². The van der Waals surface area contributed by atoms with Crippen LogP contribution in [0.4, 0.5) is 0 Å². The average molecular weight is 295 g/mol. The number of carbonyl (C=O) groups excluding carboxylic acids is 2. The number of aryl methyl sites for hydroxylation is 1. The Labute approximate surface area is 122 Å². The zero-order chi connectivity index (χ0) is 15.0. The number of nitriles is 1. The summed E-state index contributed by atoms with van der Waals surface area (Å²) < 4.78 is 4.50. The molecule has 0 heterocycles. The Balaban J connectivity index is 2.58. The summed E-state index contributed by atoms with van der Waals surface area (Å²) in [7, 11) is 1.24. The third-order valence-electron chi connectivity index (χ3n) is 2.68. The van der Waals surface area contributed by atoms with Crippen molar-refractivity contribution in [1.29, 1.82) is 5.26 Å². The summed E-state index contributed by atoms with van der Waals surface area (Å²) in [5.74, 6) is -0.812. The minimum absolute atomic E-state index is 0.135. The smallest absolute Gasteiger partial charge is 0.325 e. The molecule has 0 saturated heterocycles. The first-order valence-corrected chi connectivity index (χ1v) is 6.40. The molecule has 0 aliphatic rings. The molecule has 1 amide bonds. The number of ether oxygens (including phenoxy) is 1. The summed E-state index contributed by atoms with van der Waals surface area (Å²) in [6.45, 7) is -0.345. The molecule has 5 nitrogen and oxygen atoms in total. The van der Waals surface area contributed by atoms with Crippen LogP contribution >= 0.6 is 11.6 Å². The summed E-state index contributed by atoms with van der Waals surface area (Å²) in [6, 6.07) is 9.08. The zero-order valence-corrected chi connectivity index (χ0v) is 11.9. The van der Waals surface area contributed by atoms with E-state index >= 15 is 0 Å². The van der Waals surface area contributed by atoms with Gasteiger partial charge in [-0.05, 0) is 24.1 Å². The van der Waals surface area contributed by atoms with Crippen LogP contribution in [0.25, 0.3) is 0 Å². The number of halogens is 1. The molecule has 0 atom stereocenters. The van der Waals surface area contributed by atoms with Crippen molar-refractivity contribution < 1.29 is 14.3 Å². The third-order valence-corrected chi connectivity index (χ3v) is 2.91. The van der Waals surface area contributed by atoms with Gasteiger partial charge in [0.15, 0.2) is 0 Å². The maximum atomic E-state index is 12.0. The van der Waals surface area contributed by atoms with Gasteiger partial charge in [0.2, 0.25) is 5.91 Å². The van der Waals surface area contributed by atoms with E-state index in [1.54, 1.807) is 12.1 Å². The molecule has 1 aromatic carbocycles. The highest BCUT2D eigenvalue weighted by Gasteiger charge is 2.17. The minimum atomic E-state index is -0.545. The van der Waals surface area contributed by atoms with Gasteiger partial charge in [-0.2, -0.15) is 5.26 Å². The van der Waals surface area contributed by atoms with Crippen LogP contribution < -0.4 is 0 Å². The lowest BCUT2D eigenvalue weighted by Crippen LogP contribution is -2.36. The molecule has 0 aliphatic heterocycles. The Hall–Kier alpha value is -2.06. The van der Waals surface area contributed by atoms with Gasteiger partial charge >= 0.3 is 5.97 Å². The van der Waals surface area contributed by atoms with Crippen molar-refractivity contribution in [2.45, 2.75) is 12.8 Å². The summed E-state index contributed by atoms with van der Waals surface area (Å²) in [5, 5.41) is 9.29. The number of rotatable bonds is 6. The highest BCUT2D eigenvalue weighted by molar-refractivity contribution is 6.30. The van der Waals surface area contributed by atoms with Crippen molar-refractivity contribution in [1.82, 2.24) is 4.90 Å². The molecule has 1 rings (SSSR count). The number of amides is 1. The molecule has 0 radical (unpaired) electrons. The quantitative estimate of drug-likeness (QED) is 0.592. The van der Waals surface area contributed by atoms with Crippen LogP contribution in [0.15, 0.2) is 24.3 Å². The van der Waals surface area contributed by atoms with Gasteiger partial charge in [-0.1, -0.05) is 23.7 Å². The highest BCUT2D eigenvalue weighted by atomic mass is 35.5. The molecule has 1 aromatic rings. The summed E-state index contributed by atoms with van der Waals surface area (Å²) >= 11 is 5.86. The van der Waals surface area contributed by atoms with E-state index in [1.807, 2.05) is 18.2 Å². The standard InChI is InChI=1S/C14H15ClN2O3/c1-20-14(19)10-17(8-7-16)13(18)6-5-11-3-2-4-12(15)9-11/h2-4,9H,5-6,8,10H2,1H3. The lowest BCUT2D eigenvalue weighted by atomic mass is 10.1. The van der Waals surface area contributed by atoms with E-state index in [9.17, 15) is 9.59 Å². The monoisotopic (exact) mass is 294 g/mol. The van der Waals surface area contributed by atoms with Gasteiger partial charge in [0, 0.05) is 11.4 Å². The van der Waals surface area contributed by atoms with E-state index in [2.05, 4.69) is 4.74 Å². The van der Waals surface area contributed by atoms with Gasteiger partial charge < -0.3 is 9.64 Å². The zero-order valence-electron chi connectivity index (χ0n) is 11.1. The van der Waals surface area contributed by atoms with E-state index < -0.39 is 5.97 Å². The fourth-order valence-electron chi connectivity index (χ4n) is 1.64. The maximum Gasteiger partial charge on any atom is 0.325 e. The average Bonchev–Trinajstić information content (AvgIpc) is 2.44. The van der Waals surface area contributed by atoms with Crippen LogP contribution in [0.1, 0.15) is 12.0 Å². The van der Waals surface area contributed by atoms with Crippen LogP contribution in [0.5, 0.6) is 0 Å². The van der Waals surface area contributed by atoms with Crippen molar-refractivity contribution in [2.75, 3.05) is 20.2 Å². The van der Waals surface area contributed by atoms with Crippen molar-refractivity contribution in [2.24, 2.45) is 0 Å². The molecule has 0 spiro atoms. The molecular formula is C14H15ClN2O3. The first-order valence-electron chi connectivity index (χ1n) is 6.02. The SMILES string of the molecule is COC(=O)CN(CC#N)C(=O)CCc1cccc(Cl)c1. The number of hydrogen-bond donors (Lipinski definition) is 0. The van der Waals surface area contributed by atoms with E-state index in [4.69, 9.17) is 16.9 Å². The van der Waals surface area contributed by atoms with Crippen LogP contribution in [0.3, 0.4) is 0 Å². The third kappa shape index (κ3) is 5.29. The molecule has 0 bridgehead atoms. The van der Waals surface area contributed by atoms with Gasteiger partial charge in [-0.3, -0.25) is 9.59 Å². The second-order valence-electron chi connectivity index (χ2n) is 4.11. The molecular weight excluding hydrogens is 280 g/mol. The number of methoxy groups -OCH3 is 1. The lowest BCUT2D eigenvalue weighted by Gasteiger charge is -2.18. The van der Waals surface area contributed by atoms with Gasteiger partial charge in [0.05, 0.1) is 13.2 Å². The molecule has 0 aliphatic carbocycles. The highest BCUT2D eigenvalue weighted by Crippen LogP contribution is 2.12. The predicted octanol–water partition coefficient (Wildman–Crippen LogP) is 1.80. The van der Waals surface area contributed by atoms with Gasteiger partial charge in [0.1, 0.15) is 13.1 Å². The van der Waals surface area contributed by atoms with Crippen LogP contribution in [0, 0.1) is 11.3 Å². The molecule has 0 aromatic heterocycles. The van der Waals surface area contributed by atoms with Gasteiger partial charge in [-0.25, -0.2) is 0 Å². The van der Waals surface area contributed by atoms with Crippen LogP contribution in [0.2, 0.25) is 5.02 Å². The number of benzene rings is 1. The van der Waals surface area contributed by atoms with E-state index in [-0.39, 0.29) is 25.4 Å². The van der Waals surface area contributed by atoms with Crippen molar-refractivity contribution >= 4 is 23.5 Å². The van der Waals surface area contributed by atoms with E-state index in [0.29, 0.717) is 11.4 Å². The molecule has 0 N–H and O–H groups in total. The summed E-state index contributed by atoms with van der Waals surface area (Å²) in [6.07, 6.45) is 0.710. The molecule has 20 heavy (non-hydrogen) atoms. The summed E-state index contributed by atoms with van der Waals surface area (Å²) in [4.78, 5) is 24.3. The Morgan fingerprint density at radius 1 is 1.45 bits per heavy atom. The topological polar surface area (TPSA) is 70.4 Å². The number of nitrogens with zero attached hydrogens (tertiary/aromatic N) is 2. The molecule has 106 valence electrons. The first-order chi connectivity index (χ1) is 9.56. The number of hydrogen-bond acceptors (Lipinski definition) is 4. The minimum Gasteiger partial charge on any atom is -0.468 e. The fraction of sp³-hybridized carbons (Fsp3) is 0.357. The molecule has 6 heteroatoms. The Morgan fingerprint density at radius 2 is 2.20 bits per heavy atom. The Bertz CT molecular complexity index is 525. The van der Waals surface area contributed by atoms with Crippen LogP contribution in [-0.2, 0) is 20.7 Å². The van der Waals surface area contributed by atoms with E-state index in [1.165, 1.54) is 12.0 Å². The van der Waals surface area contributed by atoms with Crippen molar-refractivity contribution in [3.05, 3.63) is 34.9 Å².